The Bertz CT molecular complexity index is 413. The molecule has 1 aromatic heterocycles. The molecule has 0 radical (unpaired) electrons. The van der Waals surface area contributed by atoms with E-state index in [1.54, 1.807) is 10.9 Å². The standard InChI is InChI=1S/C14H22N4O.2ClH/c19-14(11-18-8-2-7-16-18)17-9-4-12(5-10-17)13-3-1-6-15-13;;/h2,7-8,12-13,15H,1,3-6,9-11H2;2*1H. The number of nitrogens with zero attached hydrogens (tertiary/aromatic N) is 3. The molecule has 7 heteroatoms. The minimum Gasteiger partial charge on any atom is -0.341 e. The fraction of sp³-hybridized carbons (Fsp3) is 0.714. The third kappa shape index (κ3) is 4.59. The molecule has 3 heterocycles. The second-order valence-electron chi connectivity index (χ2n) is 5.62. The van der Waals surface area contributed by atoms with Crippen molar-refractivity contribution in [2.24, 2.45) is 5.92 Å². The van der Waals surface area contributed by atoms with Gasteiger partial charge in [-0.15, -0.1) is 24.8 Å². The smallest absolute Gasteiger partial charge is 0.244 e. The van der Waals surface area contributed by atoms with Gasteiger partial charge in [0, 0.05) is 31.5 Å². The molecule has 1 amide bonds. The molecule has 0 aliphatic carbocycles. The topological polar surface area (TPSA) is 50.2 Å². The Labute approximate surface area is 138 Å². The Kier molecular flexibility index (Phi) is 7.49. The van der Waals surface area contributed by atoms with Crippen LogP contribution in [0.2, 0.25) is 0 Å². The van der Waals surface area contributed by atoms with E-state index in [-0.39, 0.29) is 30.7 Å². The molecule has 2 fully saturated rings. The molecule has 1 unspecified atom stereocenters. The van der Waals surface area contributed by atoms with Crippen molar-refractivity contribution >= 4 is 30.7 Å². The first kappa shape index (κ1) is 18.3. The minimum absolute atomic E-state index is 0. The van der Waals surface area contributed by atoms with Gasteiger partial charge < -0.3 is 10.2 Å². The second kappa shape index (κ2) is 8.61. The third-order valence-electron chi connectivity index (χ3n) is 4.42. The number of hydrogen-bond acceptors (Lipinski definition) is 3. The summed E-state index contributed by atoms with van der Waals surface area (Å²) < 4.78 is 1.70. The average molecular weight is 335 g/mol. The number of piperidine rings is 1. The SMILES string of the molecule is Cl.Cl.O=C(Cn1cccn1)N1CCC(C2CCCN2)CC1. The van der Waals surface area contributed by atoms with Crippen LogP contribution in [0.25, 0.3) is 0 Å². The number of carbonyl (C=O) groups excluding carboxylic acids is 1. The fourth-order valence-electron chi connectivity index (χ4n) is 3.30. The van der Waals surface area contributed by atoms with Crippen LogP contribution in [0.3, 0.4) is 0 Å². The van der Waals surface area contributed by atoms with E-state index in [1.807, 2.05) is 17.2 Å². The summed E-state index contributed by atoms with van der Waals surface area (Å²) in [5.41, 5.74) is 0. The Morgan fingerprint density at radius 2 is 2.00 bits per heavy atom. The van der Waals surface area contributed by atoms with Crippen LogP contribution in [0.4, 0.5) is 0 Å². The van der Waals surface area contributed by atoms with Gasteiger partial charge in [0.25, 0.3) is 0 Å². The molecule has 1 N–H and O–H groups in total. The number of likely N-dealkylation sites (tertiary alicyclic amines) is 1. The Balaban J connectivity index is 0.00000110. The van der Waals surface area contributed by atoms with Gasteiger partial charge in [0.05, 0.1) is 0 Å². The van der Waals surface area contributed by atoms with Gasteiger partial charge in [-0.05, 0) is 44.2 Å². The van der Waals surface area contributed by atoms with E-state index in [0.29, 0.717) is 12.6 Å². The van der Waals surface area contributed by atoms with E-state index < -0.39 is 0 Å². The summed E-state index contributed by atoms with van der Waals surface area (Å²) in [6, 6.07) is 2.55. The largest absolute Gasteiger partial charge is 0.341 e. The van der Waals surface area contributed by atoms with Crippen molar-refractivity contribution in [3.63, 3.8) is 0 Å². The van der Waals surface area contributed by atoms with Crippen LogP contribution >= 0.6 is 24.8 Å². The van der Waals surface area contributed by atoms with Crippen LogP contribution in [0.1, 0.15) is 25.7 Å². The van der Waals surface area contributed by atoms with Crippen LogP contribution in [0, 0.1) is 5.92 Å². The maximum Gasteiger partial charge on any atom is 0.244 e. The number of aromatic nitrogens is 2. The van der Waals surface area contributed by atoms with Crippen molar-refractivity contribution in [2.45, 2.75) is 38.3 Å². The molecule has 1 atom stereocenters. The second-order valence-corrected chi connectivity index (χ2v) is 5.62. The van der Waals surface area contributed by atoms with Gasteiger partial charge in [-0.25, -0.2) is 0 Å². The first-order valence-corrected chi connectivity index (χ1v) is 7.31. The lowest BCUT2D eigenvalue weighted by atomic mass is 9.88. The van der Waals surface area contributed by atoms with Crippen molar-refractivity contribution in [1.29, 1.82) is 0 Å². The van der Waals surface area contributed by atoms with Gasteiger partial charge in [0.1, 0.15) is 6.54 Å². The first-order chi connectivity index (χ1) is 9.33. The lowest BCUT2D eigenvalue weighted by molar-refractivity contribution is -0.133. The summed E-state index contributed by atoms with van der Waals surface area (Å²) in [6.45, 7) is 3.36. The third-order valence-corrected chi connectivity index (χ3v) is 4.42. The van der Waals surface area contributed by atoms with E-state index in [1.165, 1.54) is 19.4 Å². The van der Waals surface area contributed by atoms with Crippen molar-refractivity contribution in [3.8, 4) is 0 Å². The molecule has 2 aliphatic rings. The number of hydrogen-bond donors (Lipinski definition) is 1. The highest BCUT2D eigenvalue weighted by atomic mass is 35.5. The molecule has 0 aromatic carbocycles. The van der Waals surface area contributed by atoms with Crippen LogP contribution in [0.5, 0.6) is 0 Å². The quantitative estimate of drug-likeness (QED) is 0.915. The highest BCUT2D eigenvalue weighted by molar-refractivity contribution is 5.85. The molecular weight excluding hydrogens is 311 g/mol. The molecule has 21 heavy (non-hydrogen) atoms. The van der Waals surface area contributed by atoms with Gasteiger partial charge in [-0.3, -0.25) is 9.48 Å². The van der Waals surface area contributed by atoms with Crippen LogP contribution < -0.4 is 5.32 Å². The maximum absolute atomic E-state index is 12.1. The Hall–Kier alpha value is -0.780. The fourth-order valence-corrected chi connectivity index (χ4v) is 3.30. The van der Waals surface area contributed by atoms with Gasteiger partial charge in [-0.1, -0.05) is 0 Å². The van der Waals surface area contributed by atoms with Gasteiger partial charge >= 0.3 is 0 Å². The number of nitrogens with one attached hydrogen (secondary N) is 1. The average Bonchev–Trinajstić information content (AvgIpc) is 3.12. The maximum atomic E-state index is 12.1. The predicted octanol–water partition coefficient (Wildman–Crippen LogP) is 1.72. The van der Waals surface area contributed by atoms with Gasteiger partial charge in [0.2, 0.25) is 5.91 Å². The molecule has 0 bridgehead atoms. The summed E-state index contributed by atoms with van der Waals surface area (Å²) in [4.78, 5) is 14.1. The van der Waals surface area contributed by atoms with Crippen LogP contribution in [-0.4, -0.2) is 46.3 Å². The minimum atomic E-state index is 0. The predicted molar refractivity (Wildman–Crippen MR) is 87.1 cm³/mol. The summed E-state index contributed by atoms with van der Waals surface area (Å²) in [5, 5.41) is 7.68. The van der Waals surface area contributed by atoms with Crippen molar-refractivity contribution < 1.29 is 4.79 Å². The van der Waals surface area contributed by atoms with Gasteiger partial charge in [-0.2, -0.15) is 5.10 Å². The number of amides is 1. The summed E-state index contributed by atoms with van der Waals surface area (Å²) in [7, 11) is 0. The molecule has 0 spiro atoms. The first-order valence-electron chi connectivity index (χ1n) is 7.31. The lowest BCUT2D eigenvalue weighted by Crippen LogP contribution is -2.44. The molecule has 2 aliphatic heterocycles. The zero-order valence-electron chi connectivity index (χ0n) is 12.1. The van der Waals surface area contributed by atoms with Crippen LogP contribution in [-0.2, 0) is 11.3 Å². The molecule has 120 valence electrons. The van der Waals surface area contributed by atoms with Crippen molar-refractivity contribution in [2.75, 3.05) is 19.6 Å². The molecular formula is C14H24Cl2N4O. The highest BCUT2D eigenvalue weighted by Gasteiger charge is 2.29. The van der Waals surface area contributed by atoms with Gasteiger partial charge in [0.15, 0.2) is 0 Å². The zero-order chi connectivity index (χ0) is 13.1. The number of carbonyl (C=O) groups is 1. The number of rotatable bonds is 3. The molecule has 3 rings (SSSR count). The normalized spacial score (nSPS) is 22.5. The molecule has 5 nitrogen and oxygen atoms in total. The monoisotopic (exact) mass is 334 g/mol. The van der Waals surface area contributed by atoms with E-state index in [0.717, 1.165) is 31.8 Å². The van der Waals surface area contributed by atoms with Crippen LogP contribution in [0.15, 0.2) is 18.5 Å². The Morgan fingerprint density at radius 1 is 1.24 bits per heavy atom. The summed E-state index contributed by atoms with van der Waals surface area (Å²) in [6.07, 6.45) is 8.46. The van der Waals surface area contributed by atoms with E-state index in [4.69, 9.17) is 0 Å². The zero-order valence-corrected chi connectivity index (χ0v) is 13.7. The van der Waals surface area contributed by atoms with E-state index in [9.17, 15) is 4.79 Å². The molecule has 0 saturated carbocycles. The number of halogens is 2. The Morgan fingerprint density at radius 3 is 2.57 bits per heavy atom. The summed E-state index contributed by atoms with van der Waals surface area (Å²) in [5.74, 6) is 0.956. The van der Waals surface area contributed by atoms with Crippen molar-refractivity contribution in [3.05, 3.63) is 18.5 Å². The van der Waals surface area contributed by atoms with Crippen molar-refractivity contribution in [1.82, 2.24) is 20.0 Å². The summed E-state index contributed by atoms with van der Waals surface area (Å²) >= 11 is 0. The molecule has 1 aromatic rings. The van der Waals surface area contributed by atoms with E-state index >= 15 is 0 Å². The highest BCUT2D eigenvalue weighted by Crippen LogP contribution is 2.25. The molecule has 2 saturated heterocycles. The lowest BCUT2D eigenvalue weighted by Gasteiger charge is -2.34. The van der Waals surface area contributed by atoms with E-state index in [2.05, 4.69) is 10.4 Å².